The molecular weight excluding hydrogens is 185 g/mol. The Hall–Kier alpha value is -1.69. The second-order valence-corrected chi connectivity index (χ2v) is 2.68. The summed E-state index contributed by atoms with van der Waals surface area (Å²) in [6, 6.07) is 0. The van der Waals surface area contributed by atoms with E-state index in [9.17, 15) is 4.39 Å². The van der Waals surface area contributed by atoms with Crippen molar-refractivity contribution in [2.75, 3.05) is 23.9 Å². The number of likely N-dealkylation sites (N-methyl/N-ethyl adjacent to an activating group) is 1. The number of aromatic nitrogens is 2. The van der Waals surface area contributed by atoms with E-state index < -0.39 is 5.82 Å². The first-order valence-corrected chi connectivity index (χ1v) is 4.00. The number of nitrogens with one attached hydrogen (secondary N) is 1. The lowest BCUT2D eigenvalue weighted by atomic mass is 10.4. The van der Waals surface area contributed by atoms with Crippen LogP contribution in [-0.2, 0) is 0 Å². The van der Waals surface area contributed by atoms with E-state index in [2.05, 4.69) is 22.0 Å². The molecule has 0 aliphatic rings. The number of nitrogen functional groups attached to an aromatic ring is 1. The van der Waals surface area contributed by atoms with Crippen LogP contribution in [0.5, 0.6) is 0 Å². The van der Waals surface area contributed by atoms with Crippen molar-refractivity contribution >= 4 is 11.8 Å². The quantitative estimate of drug-likeness (QED) is 0.418. The van der Waals surface area contributed by atoms with Crippen LogP contribution in [-0.4, -0.2) is 23.6 Å². The van der Waals surface area contributed by atoms with Gasteiger partial charge in [-0.2, -0.15) is 4.98 Å². The molecule has 6 heteroatoms. The molecule has 0 amide bonds. The average molecular weight is 197 g/mol. The highest BCUT2D eigenvalue weighted by atomic mass is 19.1. The van der Waals surface area contributed by atoms with Gasteiger partial charge in [0.25, 0.3) is 0 Å². The molecule has 0 bridgehead atoms. The van der Waals surface area contributed by atoms with Gasteiger partial charge in [-0.05, 0) is 0 Å². The lowest BCUT2D eigenvalue weighted by molar-refractivity contribution is 0.610. The number of hydrazine groups is 1. The molecule has 0 aliphatic carbocycles. The standard InChI is InChI=1S/C8H12FN5/c1-3-4-14(2)7-6(9)5-11-8(12-7)13-10/h3,5H,1,4,10H2,2H3,(H,11,12,13). The van der Waals surface area contributed by atoms with Crippen molar-refractivity contribution in [3.63, 3.8) is 0 Å². The smallest absolute Gasteiger partial charge is 0.239 e. The average Bonchev–Trinajstić information content (AvgIpc) is 2.19. The summed E-state index contributed by atoms with van der Waals surface area (Å²) in [5.74, 6) is 4.98. The van der Waals surface area contributed by atoms with E-state index in [1.54, 1.807) is 18.0 Å². The van der Waals surface area contributed by atoms with Crippen molar-refractivity contribution < 1.29 is 4.39 Å². The SMILES string of the molecule is C=CCN(C)c1nc(NN)ncc1F. The van der Waals surface area contributed by atoms with Crippen LogP contribution in [0.25, 0.3) is 0 Å². The second kappa shape index (κ2) is 4.52. The van der Waals surface area contributed by atoms with Gasteiger partial charge in [0.15, 0.2) is 11.6 Å². The number of rotatable bonds is 4. The van der Waals surface area contributed by atoms with Crippen molar-refractivity contribution in [3.8, 4) is 0 Å². The van der Waals surface area contributed by atoms with E-state index in [1.165, 1.54) is 0 Å². The fraction of sp³-hybridized carbons (Fsp3) is 0.250. The molecule has 0 radical (unpaired) electrons. The Kier molecular flexibility index (Phi) is 3.35. The first-order chi connectivity index (χ1) is 6.69. The Labute approximate surface area is 81.4 Å². The van der Waals surface area contributed by atoms with Gasteiger partial charge in [-0.1, -0.05) is 6.08 Å². The van der Waals surface area contributed by atoms with Crippen molar-refractivity contribution in [1.29, 1.82) is 0 Å². The maximum atomic E-state index is 13.2. The maximum absolute atomic E-state index is 13.2. The molecule has 3 N–H and O–H groups in total. The minimum atomic E-state index is -0.492. The summed E-state index contributed by atoms with van der Waals surface area (Å²) >= 11 is 0. The lowest BCUT2D eigenvalue weighted by Gasteiger charge is -2.16. The molecular formula is C8H12FN5. The van der Waals surface area contributed by atoms with Crippen molar-refractivity contribution in [3.05, 3.63) is 24.7 Å². The minimum Gasteiger partial charge on any atom is -0.353 e. The summed E-state index contributed by atoms with van der Waals surface area (Å²) in [4.78, 5) is 9.09. The van der Waals surface area contributed by atoms with Crippen LogP contribution in [0.2, 0.25) is 0 Å². The predicted molar refractivity (Wildman–Crippen MR) is 53.3 cm³/mol. The third kappa shape index (κ3) is 2.17. The summed E-state index contributed by atoms with van der Waals surface area (Å²) < 4.78 is 13.2. The normalized spacial score (nSPS) is 9.64. The topological polar surface area (TPSA) is 67.1 Å². The summed E-state index contributed by atoms with van der Waals surface area (Å²) in [7, 11) is 1.70. The van der Waals surface area contributed by atoms with E-state index in [4.69, 9.17) is 5.84 Å². The third-order valence-electron chi connectivity index (χ3n) is 1.62. The third-order valence-corrected chi connectivity index (χ3v) is 1.62. The first kappa shape index (κ1) is 10.4. The van der Waals surface area contributed by atoms with Gasteiger partial charge in [0.2, 0.25) is 5.95 Å². The Morgan fingerprint density at radius 2 is 2.50 bits per heavy atom. The summed E-state index contributed by atoms with van der Waals surface area (Å²) in [6.07, 6.45) is 2.72. The van der Waals surface area contributed by atoms with Gasteiger partial charge in [-0.15, -0.1) is 6.58 Å². The number of hydrogen-bond acceptors (Lipinski definition) is 5. The molecule has 1 aromatic heterocycles. The number of anilines is 2. The number of nitrogens with two attached hydrogens (primary N) is 1. The molecule has 0 aromatic carbocycles. The summed E-state index contributed by atoms with van der Waals surface area (Å²) in [6.45, 7) is 4.05. The Morgan fingerprint density at radius 1 is 1.79 bits per heavy atom. The molecule has 0 saturated heterocycles. The molecule has 76 valence electrons. The molecule has 1 aromatic rings. The Bertz CT molecular complexity index is 328. The monoisotopic (exact) mass is 197 g/mol. The van der Waals surface area contributed by atoms with Crippen LogP contribution in [0, 0.1) is 5.82 Å². The summed E-state index contributed by atoms with van der Waals surface area (Å²) in [5, 5.41) is 0. The molecule has 0 unspecified atom stereocenters. The Morgan fingerprint density at radius 3 is 3.07 bits per heavy atom. The van der Waals surface area contributed by atoms with Gasteiger partial charge >= 0.3 is 0 Å². The first-order valence-electron chi connectivity index (χ1n) is 4.00. The van der Waals surface area contributed by atoms with Gasteiger partial charge in [-0.3, -0.25) is 5.43 Å². The van der Waals surface area contributed by atoms with Gasteiger partial charge < -0.3 is 4.90 Å². The summed E-state index contributed by atoms with van der Waals surface area (Å²) in [5.41, 5.74) is 2.25. The van der Waals surface area contributed by atoms with Crippen molar-refractivity contribution in [2.45, 2.75) is 0 Å². The fourth-order valence-corrected chi connectivity index (χ4v) is 0.975. The second-order valence-electron chi connectivity index (χ2n) is 2.68. The van der Waals surface area contributed by atoms with E-state index in [-0.39, 0.29) is 11.8 Å². The van der Waals surface area contributed by atoms with Gasteiger partial charge in [0.1, 0.15) is 0 Å². The number of hydrogen-bond donors (Lipinski definition) is 2. The molecule has 0 spiro atoms. The highest BCUT2D eigenvalue weighted by molar-refractivity contribution is 5.43. The van der Waals surface area contributed by atoms with Crippen LogP contribution in [0.3, 0.4) is 0 Å². The zero-order chi connectivity index (χ0) is 10.6. The van der Waals surface area contributed by atoms with Gasteiger partial charge in [-0.25, -0.2) is 15.2 Å². The van der Waals surface area contributed by atoms with Crippen LogP contribution < -0.4 is 16.2 Å². The molecule has 1 rings (SSSR count). The zero-order valence-corrected chi connectivity index (χ0v) is 7.87. The van der Waals surface area contributed by atoms with Crippen molar-refractivity contribution in [2.24, 2.45) is 5.84 Å². The molecule has 0 saturated carbocycles. The zero-order valence-electron chi connectivity index (χ0n) is 7.87. The number of nitrogens with zero attached hydrogens (tertiary/aromatic N) is 3. The lowest BCUT2D eigenvalue weighted by Crippen LogP contribution is -2.21. The molecule has 1 heterocycles. The van der Waals surface area contributed by atoms with Crippen LogP contribution in [0.15, 0.2) is 18.9 Å². The van der Waals surface area contributed by atoms with E-state index in [1.807, 2.05) is 0 Å². The maximum Gasteiger partial charge on any atom is 0.239 e. The van der Waals surface area contributed by atoms with Gasteiger partial charge in [0.05, 0.1) is 6.20 Å². The van der Waals surface area contributed by atoms with E-state index in [0.29, 0.717) is 6.54 Å². The van der Waals surface area contributed by atoms with Crippen LogP contribution in [0.4, 0.5) is 16.2 Å². The molecule has 14 heavy (non-hydrogen) atoms. The predicted octanol–water partition coefficient (Wildman–Crippen LogP) is 0.523. The van der Waals surface area contributed by atoms with Crippen LogP contribution >= 0.6 is 0 Å². The highest BCUT2D eigenvalue weighted by Gasteiger charge is 2.09. The van der Waals surface area contributed by atoms with Gasteiger partial charge in [0, 0.05) is 13.6 Å². The van der Waals surface area contributed by atoms with Crippen molar-refractivity contribution in [1.82, 2.24) is 9.97 Å². The fourth-order valence-electron chi connectivity index (χ4n) is 0.975. The van der Waals surface area contributed by atoms with E-state index >= 15 is 0 Å². The molecule has 0 aliphatic heterocycles. The van der Waals surface area contributed by atoms with E-state index in [0.717, 1.165) is 6.20 Å². The molecule has 5 nitrogen and oxygen atoms in total. The Balaban J connectivity index is 2.98. The largest absolute Gasteiger partial charge is 0.353 e. The molecule has 0 fully saturated rings. The molecule has 0 atom stereocenters. The highest BCUT2D eigenvalue weighted by Crippen LogP contribution is 2.14. The number of halogens is 1. The minimum absolute atomic E-state index is 0.178. The van der Waals surface area contributed by atoms with Crippen LogP contribution in [0.1, 0.15) is 0 Å².